The van der Waals surface area contributed by atoms with E-state index in [1.807, 2.05) is 12.4 Å². The third kappa shape index (κ3) is 4.64. The minimum absolute atomic E-state index is 0.222. The fourth-order valence-electron chi connectivity index (χ4n) is 0.942. The van der Waals surface area contributed by atoms with Crippen LogP contribution in [0.1, 0.15) is 33.0 Å². The van der Waals surface area contributed by atoms with Crippen LogP contribution in [0.25, 0.3) is 0 Å². The lowest BCUT2D eigenvalue weighted by atomic mass is 10.4. The lowest BCUT2D eigenvalue weighted by Gasteiger charge is -1.98. The molecular formula is C10H18N2O2. The molecule has 80 valence electrons. The quantitative estimate of drug-likeness (QED) is 0.807. The van der Waals surface area contributed by atoms with Gasteiger partial charge in [0.2, 0.25) is 0 Å². The second kappa shape index (κ2) is 7.12. The molecule has 0 amide bonds. The van der Waals surface area contributed by atoms with Gasteiger partial charge in [-0.1, -0.05) is 13.8 Å². The van der Waals surface area contributed by atoms with Crippen molar-refractivity contribution < 1.29 is 9.90 Å². The molecule has 0 aliphatic carbocycles. The Morgan fingerprint density at radius 3 is 2.36 bits per heavy atom. The standard InChI is InChI=1S/C7H12N2.C3H6O2/c1-3-7-8-5-6-9(7)4-2;1-2-3(4)5/h5-6H,3-4H2,1-2H3;2H2,1H3,(H,4,5). The predicted octanol–water partition coefficient (Wildman–Crippen LogP) is 1.95. The van der Waals surface area contributed by atoms with E-state index in [4.69, 9.17) is 5.11 Å². The van der Waals surface area contributed by atoms with Crippen LogP contribution in [-0.2, 0) is 17.8 Å². The number of carboxylic acids is 1. The molecule has 1 aromatic rings. The summed E-state index contributed by atoms with van der Waals surface area (Å²) in [6.07, 6.45) is 5.11. The summed E-state index contributed by atoms with van der Waals surface area (Å²) in [7, 11) is 0. The van der Waals surface area contributed by atoms with Crippen LogP contribution in [0.3, 0.4) is 0 Å². The zero-order valence-corrected chi connectivity index (χ0v) is 9.03. The van der Waals surface area contributed by atoms with Gasteiger partial charge in [-0.3, -0.25) is 4.79 Å². The Hall–Kier alpha value is -1.32. The molecule has 0 radical (unpaired) electrons. The molecule has 0 spiro atoms. The maximum atomic E-state index is 9.37. The monoisotopic (exact) mass is 198 g/mol. The number of imidazole rings is 1. The van der Waals surface area contributed by atoms with Gasteiger partial charge in [0.1, 0.15) is 5.82 Å². The Morgan fingerprint density at radius 2 is 2.07 bits per heavy atom. The van der Waals surface area contributed by atoms with Gasteiger partial charge in [0.25, 0.3) is 0 Å². The minimum Gasteiger partial charge on any atom is -0.481 e. The Kier molecular flexibility index (Phi) is 6.45. The molecule has 1 rings (SSSR count). The van der Waals surface area contributed by atoms with Crippen LogP contribution in [0.15, 0.2) is 12.4 Å². The largest absolute Gasteiger partial charge is 0.481 e. The molecule has 1 N–H and O–H groups in total. The molecule has 0 aliphatic rings. The number of carbonyl (C=O) groups is 1. The predicted molar refractivity (Wildman–Crippen MR) is 55.2 cm³/mol. The Morgan fingerprint density at radius 1 is 1.50 bits per heavy atom. The summed E-state index contributed by atoms with van der Waals surface area (Å²) in [6, 6.07) is 0. The summed E-state index contributed by atoms with van der Waals surface area (Å²) in [5, 5.41) is 7.72. The molecule has 0 bridgehead atoms. The van der Waals surface area contributed by atoms with E-state index in [0.717, 1.165) is 13.0 Å². The van der Waals surface area contributed by atoms with Crippen LogP contribution in [0.5, 0.6) is 0 Å². The highest BCUT2D eigenvalue weighted by molar-refractivity contribution is 5.66. The highest BCUT2D eigenvalue weighted by Crippen LogP contribution is 1.96. The van der Waals surface area contributed by atoms with E-state index in [0.29, 0.717) is 0 Å². The molecule has 0 atom stereocenters. The van der Waals surface area contributed by atoms with Crippen molar-refractivity contribution in [2.75, 3.05) is 0 Å². The zero-order valence-electron chi connectivity index (χ0n) is 9.03. The molecule has 4 nitrogen and oxygen atoms in total. The van der Waals surface area contributed by atoms with Gasteiger partial charge < -0.3 is 9.67 Å². The number of aromatic nitrogens is 2. The molecule has 4 heteroatoms. The van der Waals surface area contributed by atoms with Gasteiger partial charge in [0.05, 0.1) is 0 Å². The number of aliphatic carboxylic acids is 1. The number of aryl methyl sites for hydroxylation is 2. The van der Waals surface area contributed by atoms with Crippen molar-refractivity contribution in [3.63, 3.8) is 0 Å². The van der Waals surface area contributed by atoms with Crippen molar-refractivity contribution in [1.29, 1.82) is 0 Å². The SMILES string of the molecule is CCC(=O)O.CCc1nccn1CC. The van der Waals surface area contributed by atoms with Crippen LogP contribution in [0.4, 0.5) is 0 Å². The first-order chi connectivity index (χ1) is 6.65. The second-order valence-corrected chi connectivity index (χ2v) is 2.73. The molecule has 0 aliphatic heterocycles. The maximum Gasteiger partial charge on any atom is 0.303 e. The summed E-state index contributed by atoms with van der Waals surface area (Å²) in [5.74, 6) is 0.433. The van der Waals surface area contributed by atoms with Crippen LogP contribution in [0, 0.1) is 0 Å². The van der Waals surface area contributed by atoms with E-state index in [2.05, 4.69) is 23.4 Å². The molecular weight excluding hydrogens is 180 g/mol. The topological polar surface area (TPSA) is 55.1 Å². The zero-order chi connectivity index (χ0) is 11.0. The number of hydrogen-bond acceptors (Lipinski definition) is 2. The molecule has 1 heterocycles. The first kappa shape index (κ1) is 12.7. The normalized spacial score (nSPS) is 9.07. The van der Waals surface area contributed by atoms with E-state index in [1.165, 1.54) is 5.82 Å². The van der Waals surface area contributed by atoms with Crippen molar-refractivity contribution in [3.8, 4) is 0 Å². The van der Waals surface area contributed by atoms with E-state index < -0.39 is 5.97 Å². The van der Waals surface area contributed by atoms with Gasteiger partial charge >= 0.3 is 5.97 Å². The fraction of sp³-hybridized carbons (Fsp3) is 0.600. The van der Waals surface area contributed by atoms with Gasteiger partial charge in [-0.25, -0.2) is 4.98 Å². The van der Waals surface area contributed by atoms with Crippen LogP contribution < -0.4 is 0 Å². The fourth-order valence-corrected chi connectivity index (χ4v) is 0.942. The van der Waals surface area contributed by atoms with E-state index in [-0.39, 0.29) is 6.42 Å². The molecule has 0 aromatic carbocycles. The average molecular weight is 198 g/mol. The number of hydrogen-bond donors (Lipinski definition) is 1. The second-order valence-electron chi connectivity index (χ2n) is 2.73. The molecule has 0 saturated heterocycles. The molecule has 0 unspecified atom stereocenters. The van der Waals surface area contributed by atoms with Gasteiger partial charge in [0, 0.05) is 31.8 Å². The summed E-state index contributed by atoms with van der Waals surface area (Å²) < 4.78 is 2.15. The Labute approximate surface area is 84.6 Å². The van der Waals surface area contributed by atoms with E-state index in [9.17, 15) is 4.79 Å². The number of rotatable bonds is 3. The third-order valence-electron chi connectivity index (χ3n) is 1.76. The summed E-state index contributed by atoms with van der Waals surface area (Å²) in [6.45, 7) is 6.88. The first-order valence-corrected chi connectivity index (χ1v) is 4.87. The minimum atomic E-state index is -0.745. The molecule has 0 saturated carbocycles. The number of nitrogens with zero attached hydrogens (tertiary/aromatic N) is 2. The van der Waals surface area contributed by atoms with Crippen molar-refractivity contribution in [2.24, 2.45) is 0 Å². The van der Waals surface area contributed by atoms with Crippen LogP contribution in [-0.4, -0.2) is 20.6 Å². The molecule has 14 heavy (non-hydrogen) atoms. The average Bonchev–Trinajstić information content (AvgIpc) is 2.65. The lowest BCUT2D eigenvalue weighted by molar-refractivity contribution is -0.136. The van der Waals surface area contributed by atoms with Gasteiger partial charge in [-0.05, 0) is 6.92 Å². The Bertz CT molecular complexity index is 250. The van der Waals surface area contributed by atoms with Crippen molar-refractivity contribution in [3.05, 3.63) is 18.2 Å². The summed E-state index contributed by atoms with van der Waals surface area (Å²) >= 11 is 0. The van der Waals surface area contributed by atoms with E-state index in [1.54, 1.807) is 6.92 Å². The van der Waals surface area contributed by atoms with E-state index >= 15 is 0 Å². The molecule has 0 fully saturated rings. The summed E-state index contributed by atoms with van der Waals surface area (Å²) in [4.78, 5) is 13.5. The molecule has 1 aromatic heterocycles. The van der Waals surface area contributed by atoms with Gasteiger partial charge in [-0.15, -0.1) is 0 Å². The Balaban J connectivity index is 0.000000292. The first-order valence-electron chi connectivity index (χ1n) is 4.87. The smallest absolute Gasteiger partial charge is 0.303 e. The number of carboxylic acid groups (broad SMARTS) is 1. The van der Waals surface area contributed by atoms with Crippen molar-refractivity contribution in [1.82, 2.24) is 9.55 Å². The van der Waals surface area contributed by atoms with Crippen LogP contribution in [0.2, 0.25) is 0 Å². The summed E-state index contributed by atoms with van der Waals surface area (Å²) in [5.41, 5.74) is 0. The highest BCUT2D eigenvalue weighted by atomic mass is 16.4. The maximum absolute atomic E-state index is 9.37. The lowest BCUT2D eigenvalue weighted by Crippen LogP contribution is -1.98. The van der Waals surface area contributed by atoms with Crippen LogP contribution >= 0.6 is 0 Å². The van der Waals surface area contributed by atoms with Gasteiger partial charge in [-0.2, -0.15) is 0 Å². The highest BCUT2D eigenvalue weighted by Gasteiger charge is 1.94. The van der Waals surface area contributed by atoms with Gasteiger partial charge in [0.15, 0.2) is 0 Å². The van der Waals surface area contributed by atoms with Crippen molar-refractivity contribution in [2.45, 2.75) is 40.2 Å². The van der Waals surface area contributed by atoms with Crippen molar-refractivity contribution >= 4 is 5.97 Å². The third-order valence-corrected chi connectivity index (χ3v) is 1.76.